The normalized spacial score (nSPS) is 10.6. The Morgan fingerprint density at radius 1 is 1.30 bits per heavy atom. The summed E-state index contributed by atoms with van der Waals surface area (Å²) in [6.45, 7) is 0.356. The highest BCUT2D eigenvalue weighted by Crippen LogP contribution is 2.33. The van der Waals surface area contributed by atoms with Crippen molar-refractivity contribution in [2.75, 3.05) is 5.73 Å². The van der Waals surface area contributed by atoms with Crippen LogP contribution in [0.25, 0.3) is 10.1 Å². The van der Waals surface area contributed by atoms with Gasteiger partial charge in [0.1, 0.15) is 11.2 Å². The molecule has 0 saturated heterocycles. The van der Waals surface area contributed by atoms with E-state index in [0.29, 0.717) is 17.1 Å². The van der Waals surface area contributed by atoms with Crippen LogP contribution in [0.3, 0.4) is 0 Å². The number of fused-ring (bicyclic) bond motifs is 1. The van der Waals surface area contributed by atoms with Gasteiger partial charge in [0.15, 0.2) is 0 Å². The third kappa shape index (κ3) is 2.33. The summed E-state index contributed by atoms with van der Waals surface area (Å²) in [6.07, 6.45) is 3.09. The van der Waals surface area contributed by atoms with Crippen molar-refractivity contribution in [3.05, 3.63) is 53.4 Å². The van der Waals surface area contributed by atoms with E-state index >= 15 is 0 Å². The molecule has 2 heterocycles. The summed E-state index contributed by atoms with van der Waals surface area (Å²) in [5, 5.41) is 3.74. The number of carbonyl (C=O) groups excluding carboxylic acids is 1. The molecule has 6 heteroatoms. The molecule has 0 aliphatic carbocycles. The van der Waals surface area contributed by atoms with Crippen molar-refractivity contribution in [1.29, 1.82) is 0 Å². The third-order valence-electron chi connectivity index (χ3n) is 2.91. The van der Waals surface area contributed by atoms with Crippen LogP contribution in [0.5, 0.6) is 0 Å². The lowest BCUT2D eigenvalue weighted by molar-refractivity contribution is 0.0955. The molecular weight excluding hydrogens is 272 g/mol. The fourth-order valence-corrected chi connectivity index (χ4v) is 2.95. The van der Waals surface area contributed by atoms with Gasteiger partial charge in [-0.15, -0.1) is 11.3 Å². The fraction of sp³-hybridized carbons (Fsp3) is 0.0714. The van der Waals surface area contributed by atoms with Crippen LogP contribution in [0, 0.1) is 0 Å². The molecule has 0 aliphatic heterocycles. The van der Waals surface area contributed by atoms with Crippen molar-refractivity contribution >= 4 is 33.0 Å². The second-order valence-electron chi connectivity index (χ2n) is 4.22. The zero-order valence-electron chi connectivity index (χ0n) is 10.5. The number of benzene rings is 1. The van der Waals surface area contributed by atoms with E-state index < -0.39 is 0 Å². The number of nitrogens with zero attached hydrogens (tertiary/aromatic N) is 2. The minimum atomic E-state index is -0.178. The molecule has 0 saturated carbocycles. The fourth-order valence-electron chi connectivity index (χ4n) is 1.91. The summed E-state index contributed by atoms with van der Waals surface area (Å²) in [5.74, 6) is -0.178. The number of nitrogens with two attached hydrogens (primary N) is 1. The molecule has 0 spiro atoms. The Balaban J connectivity index is 1.81. The Morgan fingerprint density at radius 2 is 2.15 bits per heavy atom. The summed E-state index contributed by atoms with van der Waals surface area (Å²) < 4.78 is 1.01. The Kier molecular flexibility index (Phi) is 3.30. The van der Waals surface area contributed by atoms with Crippen LogP contribution in [0.4, 0.5) is 5.69 Å². The predicted octanol–water partition coefficient (Wildman–Crippen LogP) is 2.20. The number of aromatic nitrogens is 2. The van der Waals surface area contributed by atoms with Crippen LogP contribution in [0.1, 0.15) is 15.4 Å². The Morgan fingerprint density at radius 3 is 2.90 bits per heavy atom. The van der Waals surface area contributed by atoms with E-state index in [2.05, 4.69) is 15.3 Å². The highest BCUT2D eigenvalue weighted by molar-refractivity contribution is 7.21. The maximum Gasteiger partial charge on any atom is 0.263 e. The van der Waals surface area contributed by atoms with Gasteiger partial charge in [0, 0.05) is 16.3 Å². The SMILES string of the molecule is Nc1c(C(=O)NCc2ccncn2)sc2ccccc12. The molecule has 100 valence electrons. The first-order chi connectivity index (χ1) is 9.75. The van der Waals surface area contributed by atoms with Crippen LogP contribution in [0.15, 0.2) is 42.9 Å². The number of thiophene rings is 1. The molecule has 0 bridgehead atoms. The summed E-state index contributed by atoms with van der Waals surface area (Å²) >= 11 is 1.40. The minimum Gasteiger partial charge on any atom is -0.397 e. The standard InChI is InChI=1S/C14H12N4OS/c15-12-10-3-1-2-4-11(10)20-13(12)14(19)17-7-9-5-6-16-8-18-9/h1-6,8H,7,15H2,(H,17,19). The number of anilines is 1. The van der Waals surface area contributed by atoms with Crippen LogP contribution in [-0.2, 0) is 6.54 Å². The van der Waals surface area contributed by atoms with Crippen molar-refractivity contribution in [3.8, 4) is 0 Å². The lowest BCUT2D eigenvalue weighted by Gasteiger charge is -2.03. The van der Waals surface area contributed by atoms with Crippen molar-refractivity contribution in [2.24, 2.45) is 0 Å². The first-order valence-electron chi connectivity index (χ1n) is 6.06. The average molecular weight is 284 g/mol. The number of rotatable bonds is 3. The summed E-state index contributed by atoms with van der Waals surface area (Å²) in [7, 11) is 0. The molecule has 0 unspecified atom stereocenters. The van der Waals surface area contributed by atoms with Gasteiger partial charge in [0.25, 0.3) is 5.91 Å². The van der Waals surface area contributed by atoms with Crippen molar-refractivity contribution in [2.45, 2.75) is 6.54 Å². The molecule has 2 aromatic heterocycles. The van der Waals surface area contributed by atoms with Gasteiger partial charge < -0.3 is 11.1 Å². The second-order valence-corrected chi connectivity index (χ2v) is 5.28. The molecule has 0 fully saturated rings. The summed E-state index contributed by atoms with van der Waals surface area (Å²) in [6, 6.07) is 9.48. The smallest absolute Gasteiger partial charge is 0.263 e. The molecular formula is C14H12N4OS. The molecule has 0 atom stereocenters. The number of amides is 1. The van der Waals surface area contributed by atoms with Crippen molar-refractivity contribution < 1.29 is 4.79 Å². The number of carbonyl (C=O) groups is 1. The minimum absolute atomic E-state index is 0.178. The van der Waals surface area contributed by atoms with Crippen LogP contribution in [0.2, 0.25) is 0 Å². The second kappa shape index (κ2) is 5.26. The lowest BCUT2D eigenvalue weighted by Crippen LogP contribution is -2.23. The van der Waals surface area contributed by atoms with Gasteiger partial charge in [0.05, 0.1) is 17.9 Å². The topological polar surface area (TPSA) is 80.9 Å². The van der Waals surface area contributed by atoms with Gasteiger partial charge in [-0.05, 0) is 12.1 Å². The molecule has 1 amide bonds. The number of hydrogen-bond acceptors (Lipinski definition) is 5. The number of nitrogen functional groups attached to an aromatic ring is 1. The summed E-state index contributed by atoms with van der Waals surface area (Å²) in [5.41, 5.74) is 7.32. The van der Waals surface area contributed by atoms with Crippen molar-refractivity contribution in [1.82, 2.24) is 15.3 Å². The van der Waals surface area contributed by atoms with Crippen LogP contribution >= 0.6 is 11.3 Å². The molecule has 0 aliphatic rings. The number of nitrogens with one attached hydrogen (secondary N) is 1. The number of hydrogen-bond donors (Lipinski definition) is 2. The largest absolute Gasteiger partial charge is 0.397 e. The molecule has 0 radical (unpaired) electrons. The first kappa shape index (κ1) is 12.6. The highest BCUT2D eigenvalue weighted by Gasteiger charge is 2.15. The molecule has 1 aromatic carbocycles. The third-order valence-corrected chi connectivity index (χ3v) is 4.10. The van der Waals surface area contributed by atoms with E-state index in [1.807, 2.05) is 24.3 Å². The molecule has 20 heavy (non-hydrogen) atoms. The summed E-state index contributed by atoms with van der Waals surface area (Å²) in [4.78, 5) is 20.6. The maximum atomic E-state index is 12.2. The van der Waals surface area contributed by atoms with E-state index in [-0.39, 0.29) is 5.91 Å². The quantitative estimate of drug-likeness (QED) is 0.772. The van der Waals surface area contributed by atoms with Gasteiger partial charge in [-0.1, -0.05) is 18.2 Å². The van der Waals surface area contributed by atoms with E-state index in [1.54, 1.807) is 12.3 Å². The van der Waals surface area contributed by atoms with E-state index in [9.17, 15) is 4.79 Å². The molecule has 3 N–H and O–H groups in total. The van der Waals surface area contributed by atoms with Crippen LogP contribution < -0.4 is 11.1 Å². The Bertz CT molecular complexity index is 754. The first-order valence-corrected chi connectivity index (χ1v) is 6.87. The van der Waals surface area contributed by atoms with Gasteiger partial charge in [-0.2, -0.15) is 0 Å². The average Bonchev–Trinajstić information content (AvgIpc) is 2.84. The van der Waals surface area contributed by atoms with E-state index in [4.69, 9.17) is 5.73 Å². The molecule has 5 nitrogen and oxygen atoms in total. The van der Waals surface area contributed by atoms with Gasteiger partial charge in [0.2, 0.25) is 0 Å². The zero-order chi connectivity index (χ0) is 13.9. The van der Waals surface area contributed by atoms with Crippen LogP contribution in [-0.4, -0.2) is 15.9 Å². The Labute approximate surface area is 119 Å². The maximum absolute atomic E-state index is 12.2. The van der Waals surface area contributed by atoms with Gasteiger partial charge in [-0.25, -0.2) is 9.97 Å². The predicted molar refractivity (Wildman–Crippen MR) is 79.4 cm³/mol. The molecule has 3 aromatic rings. The Hall–Kier alpha value is -2.47. The van der Waals surface area contributed by atoms with E-state index in [1.165, 1.54) is 17.7 Å². The van der Waals surface area contributed by atoms with Gasteiger partial charge in [-0.3, -0.25) is 4.79 Å². The van der Waals surface area contributed by atoms with Gasteiger partial charge >= 0.3 is 0 Å². The lowest BCUT2D eigenvalue weighted by atomic mass is 10.2. The van der Waals surface area contributed by atoms with E-state index in [0.717, 1.165) is 15.8 Å². The molecule has 3 rings (SSSR count). The monoisotopic (exact) mass is 284 g/mol. The highest BCUT2D eigenvalue weighted by atomic mass is 32.1. The van der Waals surface area contributed by atoms with Crippen molar-refractivity contribution in [3.63, 3.8) is 0 Å². The zero-order valence-corrected chi connectivity index (χ0v) is 11.4.